The van der Waals surface area contributed by atoms with Crippen LogP contribution in [0.4, 0.5) is 5.69 Å². The Bertz CT molecular complexity index is 1260. The summed E-state index contributed by atoms with van der Waals surface area (Å²) < 4.78 is 33.3. The lowest BCUT2D eigenvalue weighted by Crippen LogP contribution is -2.42. The molecule has 0 radical (unpaired) electrons. The normalized spacial score (nSPS) is 12.1. The van der Waals surface area contributed by atoms with E-state index < -0.39 is 22.5 Å². The maximum Gasteiger partial charge on any atom is 0.264 e. The number of carbonyl (C=O) groups is 1. The first kappa shape index (κ1) is 25.6. The number of hydrogen-bond donors (Lipinski definition) is 1. The third-order valence-electron chi connectivity index (χ3n) is 5.59. The Labute approximate surface area is 206 Å². The van der Waals surface area contributed by atoms with Crippen molar-refractivity contribution in [3.05, 3.63) is 88.4 Å². The lowest BCUT2D eigenvalue weighted by Gasteiger charge is -2.26. The van der Waals surface area contributed by atoms with E-state index in [4.69, 9.17) is 16.3 Å². The number of rotatable bonds is 9. The molecule has 3 aromatic carbocycles. The lowest BCUT2D eigenvalue weighted by molar-refractivity contribution is -0.120. The quantitative estimate of drug-likeness (QED) is 0.425. The van der Waals surface area contributed by atoms with Crippen molar-refractivity contribution in [2.75, 3.05) is 18.0 Å². The van der Waals surface area contributed by atoms with Crippen LogP contribution >= 0.6 is 11.6 Å². The molecule has 0 bridgehead atoms. The minimum absolute atomic E-state index is 0.0798. The van der Waals surface area contributed by atoms with Gasteiger partial charge in [-0.15, -0.1) is 0 Å². The Morgan fingerprint density at radius 3 is 2.35 bits per heavy atom. The van der Waals surface area contributed by atoms with E-state index >= 15 is 0 Å². The molecular formula is C26H29ClN2O4S. The Morgan fingerprint density at radius 2 is 1.76 bits per heavy atom. The van der Waals surface area contributed by atoms with Gasteiger partial charge in [0.1, 0.15) is 12.3 Å². The van der Waals surface area contributed by atoms with Crippen LogP contribution in [0, 0.1) is 13.8 Å². The van der Waals surface area contributed by atoms with Crippen molar-refractivity contribution < 1.29 is 17.9 Å². The van der Waals surface area contributed by atoms with Gasteiger partial charge in [0.25, 0.3) is 10.0 Å². The molecule has 0 aliphatic heterocycles. The molecule has 6 nitrogen and oxygen atoms in total. The largest absolute Gasteiger partial charge is 0.495 e. The van der Waals surface area contributed by atoms with Gasteiger partial charge in [0.2, 0.25) is 5.91 Å². The van der Waals surface area contributed by atoms with Gasteiger partial charge in [-0.05, 0) is 61.7 Å². The smallest absolute Gasteiger partial charge is 0.264 e. The van der Waals surface area contributed by atoms with Crippen molar-refractivity contribution in [2.24, 2.45) is 0 Å². The zero-order valence-corrected chi connectivity index (χ0v) is 21.3. The first-order valence-electron chi connectivity index (χ1n) is 10.9. The van der Waals surface area contributed by atoms with Crippen molar-refractivity contribution in [3.8, 4) is 5.75 Å². The summed E-state index contributed by atoms with van der Waals surface area (Å²) in [4.78, 5) is 13.2. The van der Waals surface area contributed by atoms with E-state index in [9.17, 15) is 13.2 Å². The summed E-state index contributed by atoms with van der Waals surface area (Å²) in [5.41, 5.74) is 3.48. The third kappa shape index (κ3) is 5.72. The Kier molecular flexibility index (Phi) is 8.23. The van der Waals surface area contributed by atoms with Gasteiger partial charge in [-0.25, -0.2) is 8.42 Å². The summed E-state index contributed by atoms with van der Waals surface area (Å²) >= 11 is 6.28. The number of nitrogens with one attached hydrogen (secondary N) is 1. The number of anilines is 1. The van der Waals surface area contributed by atoms with E-state index in [1.165, 1.54) is 25.3 Å². The molecule has 0 aliphatic carbocycles. The fraction of sp³-hybridized carbons (Fsp3) is 0.269. The van der Waals surface area contributed by atoms with Crippen molar-refractivity contribution in [1.29, 1.82) is 0 Å². The highest BCUT2D eigenvalue weighted by Crippen LogP contribution is 2.32. The summed E-state index contributed by atoms with van der Waals surface area (Å²) in [5.74, 6) is -0.00825. The molecule has 0 aliphatic rings. The van der Waals surface area contributed by atoms with Gasteiger partial charge >= 0.3 is 0 Å². The predicted octanol–water partition coefficient (Wildman–Crippen LogP) is 5.43. The second-order valence-electron chi connectivity index (χ2n) is 8.03. The van der Waals surface area contributed by atoms with Crippen molar-refractivity contribution in [3.63, 3.8) is 0 Å². The van der Waals surface area contributed by atoms with Crippen LogP contribution in [-0.4, -0.2) is 28.0 Å². The van der Waals surface area contributed by atoms with Crippen molar-refractivity contribution in [1.82, 2.24) is 5.32 Å². The molecule has 180 valence electrons. The van der Waals surface area contributed by atoms with Crippen LogP contribution in [0.2, 0.25) is 5.02 Å². The molecule has 0 spiro atoms. The molecule has 1 atom stereocenters. The molecule has 0 saturated heterocycles. The van der Waals surface area contributed by atoms with Crippen LogP contribution in [0.25, 0.3) is 0 Å². The van der Waals surface area contributed by atoms with Gasteiger partial charge in [0.05, 0.1) is 28.8 Å². The standard InChI is InChI=1S/C26H29ClN2O4S/c1-5-24(22-13-11-18(2)15-19(22)3)28-26(30)17-29(20-12-14-25(33-4)23(27)16-20)34(31,32)21-9-7-6-8-10-21/h6-16,24H,5,17H2,1-4H3,(H,28,30). The van der Waals surface area contributed by atoms with E-state index in [0.29, 0.717) is 12.2 Å². The molecule has 1 N–H and O–H groups in total. The highest BCUT2D eigenvalue weighted by atomic mass is 35.5. The van der Waals surface area contributed by atoms with Crippen LogP contribution in [0.15, 0.2) is 71.6 Å². The van der Waals surface area contributed by atoms with Crippen LogP contribution in [0.3, 0.4) is 0 Å². The number of sulfonamides is 1. The molecule has 1 unspecified atom stereocenters. The fourth-order valence-corrected chi connectivity index (χ4v) is 5.52. The topological polar surface area (TPSA) is 75.7 Å². The Morgan fingerprint density at radius 1 is 1.06 bits per heavy atom. The lowest BCUT2D eigenvalue weighted by atomic mass is 9.97. The average Bonchev–Trinajstić information content (AvgIpc) is 2.82. The Hall–Kier alpha value is -3.03. The Balaban J connectivity index is 1.95. The SMILES string of the molecule is CCC(NC(=O)CN(c1ccc(OC)c(Cl)c1)S(=O)(=O)c1ccccc1)c1ccc(C)cc1C. The molecule has 0 aromatic heterocycles. The summed E-state index contributed by atoms with van der Waals surface area (Å²) in [6.07, 6.45) is 0.662. The minimum atomic E-state index is -4.03. The maximum atomic E-state index is 13.5. The number of nitrogens with zero attached hydrogens (tertiary/aromatic N) is 1. The van der Waals surface area contributed by atoms with Gasteiger partial charge in [-0.3, -0.25) is 9.10 Å². The summed E-state index contributed by atoms with van der Waals surface area (Å²) in [5, 5.41) is 3.25. The molecule has 0 saturated carbocycles. The minimum Gasteiger partial charge on any atom is -0.495 e. The number of amides is 1. The van der Waals surface area contributed by atoms with Crippen molar-refractivity contribution >= 4 is 33.2 Å². The molecule has 3 aromatic rings. The van der Waals surface area contributed by atoms with Crippen molar-refractivity contribution in [2.45, 2.75) is 38.1 Å². The third-order valence-corrected chi connectivity index (χ3v) is 7.67. The van der Waals surface area contributed by atoms with Gasteiger partial charge in [0, 0.05) is 0 Å². The highest BCUT2D eigenvalue weighted by Gasteiger charge is 2.28. The van der Waals surface area contributed by atoms with Crippen LogP contribution in [-0.2, 0) is 14.8 Å². The number of benzene rings is 3. The zero-order chi connectivity index (χ0) is 24.9. The highest BCUT2D eigenvalue weighted by molar-refractivity contribution is 7.92. The molecule has 8 heteroatoms. The molecule has 34 heavy (non-hydrogen) atoms. The van der Waals surface area contributed by atoms with Crippen LogP contribution in [0.1, 0.15) is 36.1 Å². The molecular weight excluding hydrogens is 472 g/mol. The molecule has 0 heterocycles. The van der Waals surface area contributed by atoms with Gasteiger partial charge < -0.3 is 10.1 Å². The number of carbonyl (C=O) groups excluding carboxylic acids is 1. The van der Waals surface area contributed by atoms with E-state index in [1.807, 2.05) is 32.9 Å². The van der Waals surface area contributed by atoms with Crippen LogP contribution in [0.5, 0.6) is 5.75 Å². The summed E-state index contributed by atoms with van der Waals surface area (Å²) in [6, 6.07) is 18.5. The molecule has 0 fully saturated rings. The van der Waals surface area contributed by atoms with E-state index in [0.717, 1.165) is 21.0 Å². The number of halogens is 1. The van der Waals surface area contributed by atoms with Crippen LogP contribution < -0.4 is 14.4 Å². The number of methoxy groups -OCH3 is 1. The predicted molar refractivity (Wildman–Crippen MR) is 136 cm³/mol. The van der Waals surface area contributed by atoms with Gasteiger partial charge in [-0.2, -0.15) is 0 Å². The molecule has 1 amide bonds. The van der Waals surface area contributed by atoms with E-state index in [-0.39, 0.29) is 21.6 Å². The number of aryl methyl sites for hydroxylation is 2. The first-order valence-corrected chi connectivity index (χ1v) is 12.8. The zero-order valence-electron chi connectivity index (χ0n) is 19.7. The second kappa shape index (κ2) is 10.9. The maximum absolute atomic E-state index is 13.5. The summed E-state index contributed by atoms with van der Waals surface area (Å²) in [7, 11) is -2.56. The van der Waals surface area contributed by atoms with Gasteiger partial charge in [-0.1, -0.05) is 60.5 Å². The molecule has 3 rings (SSSR count). The fourth-order valence-electron chi connectivity index (χ4n) is 3.83. The van der Waals surface area contributed by atoms with E-state index in [2.05, 4.69) is 11.4 Å². The number of ether oxygens (including phenoxy) is 1. The summed E-state index contributed by atoms with van der Waals surface area (Å²) in [6.45, 7) is 5.60. The number of hydrogen-bond acceptors (Lipinski definition) is 4. The monoisotopic (exact) mass is 500 g/mol. The van der Waals surface area contributed by atoms with E-state index in [1.54, 1.807) is 30.3 Å². The second-order valence-corrected chi connectivity index (χ2v) is 10.3. The van der Waals surface area contributed by atoms with Gasteiger partial charge in [0.15, 0.2) is 0 Å². The average molecular weight is 501 g/mol. The first-order chi connectivity index (χ1) is 16.2.